The SMILES string of the molecule is CCC(C)CN(C)c1ccc(C=O)cc1C. The molecule has 1 aromatic carbocycles. The van der Waals surface area contributed by atoms with E-state index in [0.717, 1.165) is 24.0 Å². The van der Waals surface area contributed by atoms with Gasteiger partial charge in [0, 0.05) is 24.8 Å². The van der Waals surface area contributed by atoms with Gasteiger partial charge in [0.1, 0.15) is 6.29 Å². The fraction of sp³-hybridized carbons (Fsp3) is 0.500. The highest BCUT2D eigenvalue weighted by atomic mass is 16.1. The summed E-state index contributed by atoms with van der Waals surface area (Å²) in [6.45, 7) is 7.57. The fourth-order valence-electron chi connectivity index (χ4n) is 1.88. The summed E-state index contributed by atoms with van der Waals surface area (Å²) in [4.78, 5) is 12.9. The Balaban J connectivity index is 2.83. The van der Waals surface area contributed by atoms with Crippen LogP contribution in [0.3, 0.4) is 0 Å². The highest BCUT2D eigenvalue weighted by molar-refractivity contribution is 5.76. The van der Waals surface area contributed by atoms with Crippen molar-refractivity contribution in [3.63, 3.8) is 0 Å². The van der Waals surface area contributed by atoms with Gasteiger partial charge in [-0.3, -0.25) is 4.79 Å². The maximum atomic E-state index is 10.7. The summed E-state index contributed by atoms with van der Waals surface area (Å²) >= 11 is 0. The molecule has 2 nitrogen and oxygen atoms in total. The summed E-state index contributed by atoms with van der Waals surface area (Å²) in [6.07, 6.45) is 2.08. The molecule has 16 heavy (non-hydrogen) atoms. The number of hydrogen-bond donors (Lipinski definition) is 0. The Morgan fingerprint density at radius 3 is 2.62 bits per heavy atom. The first-order chi connectivity index (χ1) is 7.58. The van der Waals surface area contributed by atoms with Gasteiger partial charge in [-0.25, -0.2) is 0 Å². The first-order valence-electron chi connectivity index (χ1n) is 5.85. The minimum Gasteiger partial charge on any atom is -0.374 e. The molecule has 1 rings (SSSR count). The molecule has 0 aromatic heterocycles. The molecule has 1 aromatic rings. The number of carbonyl (C=O) groups excluding carboxylic acids is 1. The van der Waals surface area contributed by atoms with E-state index in [4.69, 9.17) is 0 Å². The maximum absolute atomic E-state index is 10.7. The van der Waals surface area contributed by atoms with Gasteiger partial charge in [-0.2, -0.15) is 0 Å². The van der Waals surface area contributed by atoms with E-state index in [-0.39, 0.29) is 0 Å². The molecule has 0 spiro atoms. The molecule has 0 heterocycles. The lowest BCUT2D eigenvalue weighted by molar-refractivity contribution is 0.112. The highest BCUT2D eigenvalue weighted by Crippen LogP contribution is 2.21. The molecule has 0 N–H and O–H groups in total. The van der Waals surface area contributed by atoms with Gasteiger partial charge >= 0.3 is 0 Å². The van der Waals surface area contributed by atoms with Gasteiger partial charge in [0.05, 0.1) is 0 Å². The minimum absolute atomic E-state index is 0.690. The number of aldehydes is 1. The van der Waals surface area contributed by atoms with Crippen LogP contribution in [0.4, 0.5) is 5.69 Å². The first-order valence-corrected chi connectivity index (χ1v) is 5.85. The number of nitrogens with zero attached hydrogens (tertiary/aromatic N) is 1. The van der Waals surface area contributed by atoms with E-state index in [0.29, 0.717) is 5.92 Å². The molecule has 0 bridgehead atoms. The second-order valence-corrected chi connectivity index (χ2v) is 4.56. The van der Waals surface area contributed by atoms with E-state index in [2.05, 4.69) is 32.7 Å². The Morgan fingerprint density at radius 1 is 1.44 bits per heavy atom. The van der Waals surface area contributed by atoms with Crippen molar-refractivity contribution in [3.8, 4) is 0 Å². The summed E-state index contributed by atoms with van der Waals surface area (Å²) in [5, 5.41) is 0. The van der Waals surface area contributed by atoms with Crippen molar-refractivity contribution in [1.82, 2.24) is 0 Å². The second-order valence-electron chi connectivity index (χ2n) is 4.56. The van der Waals surface area contributed by atoms with Crippen molar-refractivity contribution >= 4 is 12.0 Å². The van der Waals surface area contributed by atoms with Crippen molar-refractivity contribution in [3.05, 3.63) is 29.3 Å². The molecule has 1 atom stereocenters. The average molecular weight is 219 g/mol. The molecule has 0 saturated heterocycles. The molecule has 2 heteroatoms. The second kappa shape index (κ2) is 5.69. The van der Waals surface area contributed by atoms with Crippen LogP contribution in [-0.2, 0) is 0 Å². The molecular formula is C14H21NO. The van der Waals surface area contributed by atoms with Gasteiger partial charge < -0.3 is 4.90 Å². The largest absolute Gasteiger partial charge is 0.374 e. The third-order valence-electron chi connectivity index (χ3n) is 3.05. The molecule has 88 valence electrons. The summed E-state index contributed by atoms with van der Waals surface area (Å²) in [7, 11) is 2.11. The molecule has 0 aliphatic carbocycles. The Labute approximate surface area is 98.3 Å². The zero-order valence-corrected chi connectivity index (χ0v) is 10.7. The van der Waals surface area contributed by atoms with Gasteiger partial charge in [-0.1, -0.05) is 20.3 Å². The summed E-state index contributed by atoms with van der Waals surface area (Å²) in [5.74, 6) is 0.690. The van der Waals surface area contributed by atoms with E-state index < -0.39 is 0 Å². The minimum atomic E-state index is 0.690. The van der Waals surface area contributed by atoms with Crippen LogP contribution in [0.2, 0.25) is 0 Å². The zero-order valence-electron chi connectivity index (χ0n) is 10.7. The molecule has 0 amide bonds. The number of benzene rings is 1. The molecule has 0 aliphatic rings. The third kappa shape index (κ3) is 3.09. The zero-order chi connectivity index (χ0) is 12.1. The van der Waals surface area contributed by atoms with Gasteiger partial charge in [0.15, 0.2) is 0 Å². The van der Waals surface area contributed by atoms with Crippen LogP contribution in [-0.4, -0.2) is 19.9 Å². The van der Waals surface area contributed by atoms with Crippen LogP contribution in [0.1, 0.15) is 36.2 Å². The van der Waals surface area contributed by atoms with Crippen LogP contribution in [0.5, 0.6) is 0 Å². The average Bonchev–Trinajstić information content (AvgIpc) is 2.28. The van der Waals surface area contributed by atoms with Gasteiger partial charge in [0.25, 0.3) is 0 Å². The van der Waals surface area contributed by atoms with E-state index in [1.54, 1.807) is 0 Å². The fourth-order valence-corrected chi connectivity index (χ4v) is 1.88. The lowest BCUT2D eigenvalue weighted by atomic mass is 10.1. The third-order valence-corrected chi connectivity index (χ3v) is 3.05. The molecule has 1 unspecified atom stereocenters. The monoisotopic (exact) mass is 219 g/mol. The molecule has 0 aliphatic heterocycles. The van der Waals surface area contributed by atoms with Gasteiger partial charge in [0.2, 0.25) is 0 Å². The van der Waals surface area contributed by atoms with Crippen molar-refractivity contribution in [2.75, 3.05) is 18.5 Å². The van der Waals surface area contributed by atoms with Gasteiger partial charge in [-0.15, -0.1) is 0 Å². The van der Waals surface area contributed by atoms with Crippen molar-refractivity contribution in [1.29, 1.82) is 0 Å². The molecule has 0 saturated carbocycles. The van der Waals surface area contributed by atoms with Gasteiger partial charge in [-0.05, 0) is 36.6 Å². The highest BCUT2D eigenvalue weighted by Gasteiger charge is 2.08. The topological polar surface area (TPSA) is 20.3 Å². The van der Waals surface area contributed by atoms with E-state index in [9.17, 15) is 4.79 Å². The van der Waals surface area contributed by atoms with Crippen LogP contribution in [0.25, 0.3) is 0 Å². The van der Waals surface area contributed by atoms with E-state index in [1.807, 2.05) is 18.2 Å². The quantitative estimate of drug-likeness (QED) is 0.708. The summed E-state index contributed by atoms with van der Waals surface area (Å²) in [5.41, 5.74) is 3.12. The lowest BCUT2D eigenvalue weighted by Crippen LogP contribution is -2.24. The number of hydrogen-bond acceptors (Lipinski definition) is 2. The molecule has 0 radical (unpaired) electrons. The van der Waals surface area contributed by atoms with Crippen molar-refractivity contribution in [2.24, 2.45) is 5.92 Å². The Bertz CT molecular complexity index is 360. The Hall–Kier alpha value is -1.31. The van der Waals surface area contributed by atoms with E-state index >= 15 is 0 Å². The first kappa shape index (κ1) is 12.8. The lowest BCUT2D eigenvalue weighted by Gasteiger charge is -2.24. The number of aryl methyl sites for hydroxylation is 1. The predicted octanol–water partition coefficient (Wildman–Crippen LogP) is 3.29. The Morgan fingerprint density at radius 2 is 2.12 bits per heavy atom. The molecular weight excluding hydrogens is 198 g/mol. The van der Waals surface area contributed by atoms with Crippen molar-refractivity contribution in [2.45, 2.75) is 27.2 Å². The summed E-state index contributed by atoms with van der Waals surface area (Å²) in [6, 6.07) is 5.85. The molecule has 0 fully saturated rings. The normalized spacial score (nSPS) is 12.2. The maximum Gasteiger partial charge on any atom is 0.150 e. The van der Waals surface area contributed by atoms with Crippen LogP contribution in [0, 0.1) is 12.8 Å². The number of carbonyl (C=O) groups is 1. The standard InChI is InChI=1S/C14H21NO/c1-5-11(2)9-15(4)14-7-6-13(10-16)8-12(14)3/h6-8,10-11H,5,9H2,1-4H3. The summed E-state index contributed by atoms with van der Waals surface area (Å²) < 4.78 is 0. The van der Waals surface area contributed by atoms with Crippen LogP contribution >= 0.6 is 0 Å². The smallest absolute Gasteiger partial charge is 0.150 e. The van der Waals surface area contributed by atoms with Crippen LogP contribution < -0.4 is 4.90 Å². The predicted molar refractivity (Wildman–Crippen MR) is 69.3 cm³/mol. The number of rotatable bonds is 5. The number of anilines is 1. The van der Waals surface area contributed by atoms with E-state index in [1.165, 1.54) is 12.1 Å². The van der Waals surface area contributed by atoms with Crippen LogP contribution in [0.15, 0.2) is 18.2 Å². The van der Waals surface area contributed by atoms with Crippen molar-refractivity contribution < 1.29 is 4.79 Å². The Kier molecular flexibility index (Phi) is 4.53.